The SMILES string of the molecule is C#Cc1c(F)ccc2cc(O)cc(-c3nc(C#N)c4c(N5C[C@H]6CC[C@@H](C5)N6)nc(OC[C@@]56CCCN5C[C@H](F)C6)nc4c3F)c12. The standard InChI is InChI=1S/C34H30F3N7O2/c1-2-23-25(36)7-4-18-10-22(45)11-24(27(18)23)30-29(37)31-28(26(13-38)40-30)32(43-15-20-5-6-21(16-43)39-20)42-33(41-31)46-17-34-8-3-9-44(34)14-19(35)12-34/h1,4,7,10-11,19-21,39,45H,3,5-6,8-9,12,14-17H2/t19-,20-,21+,34+/m1/s1. The Morgan fingerprint density at radius 1 is 1.11 bits per heavy atom. The molecule has 2 aromatic heterocycles. The van der Waals surface area contributed by atoms with E-state index in [0.29, 0.717) is 37.3 Å². The second-order valence-electron chi connectivity index (χ2n) is 12.9. The Bertz CT molecular complexity index is 2000. The molecule has 9 nitrogen and oxygen atoms in total. The maximum Gasteiger partial charge on any atom is 0.319 e. The van der Waals surface area contributed by atoms with Crippen molar-refractivity contribution in [3.8, 4) is 41.4 Å². The van der Waals surface area contributed by atoms with Crippen molar-refractivity contribution in [1.29, 1.82) is 5.26 Å². The van der Waals surface area contributed by atoms with Crippen LogP contribution >= 0.6 is 0 Å². The van der Waals surface area contributed by atoms with E-state index >= 15 is 4.39 Å². The van der Waals surface area contributed by atoms with Crippen LogP contribution < -0.4 is 15.0 Å². The molecule has 4 fully saturated rings. The average Bonchev–Trinajstić information content (AvgIpc) is 3.70. The molecular weight excluding hydrogens is 595 g/mol. The molecule has 2 N–H and O–H groups in total. The number of phenolic OH excluding ortho intramolecular Hbond substituents is 1. The van der Waals surface area contributed by atoms with E-state index in [1.165, 1.54) is 24.3 Å². The van der Waals surface area contributed by atoms with E-state index in [1.54, 1.807) is 0 Å². The summed E-state index contributed by atoms with van der Waals surface area (Å²) < 4.78 is 52.5. The van der Waals surface area contributed by atoms with Crippen LogP contribution in [0.15, 0.2) is 24.3 Å². The number of aromatic nitrogens is 3. The third kappa shape index (κ3) is 4.50. The Morgan fingerprint density at radius 3 is 2.67 bits per heavy atom. The molecule has 0 aliphatic carbocycles. The number of nitrogens with zero attached hydrogens (tertiary/aromatic N) is 6. The van der Waals surface area contributed by atoms with Crippen LogP contribution in [-0.4, -0.2) is 81.5 Å². The first-order chi connectivity index (χ1) is 22.3. The lowest BCUT2D eigenvalue weighted by atomic mass is 9.95. The number of piperazine rings is 1. The number of hydrogen-bond donors (Lipinski definition) is 2. The summed E-state index contributed by atoms with van der Waals surface area (Å²) in [5, 5.41) is 25.2. The number of ether oxygens (including phenoxy) is 1. The number of fused-ring (bicyclic) bond motifs is 5. The van der Waals surface area contributed by atoms with Crippen LogP contribution in [0.3, 0.4) is 0 Å². The van der Waals surface area contributed by atoms with Gasteiger partial charge >= 0.3 is 6.01 Å². The number of rotatable bonds is 5. The summed E-state index contributed by atoms with van der Waals surface area (Å²) in [6.45, 7) is 2.44. The van der Waals surface area contributed by atoms with E-state index in [0.717, 1.165) is 32.2 Å². The van der Waals surface area contributed by atoms with Crippen molar-refractivity contribution in [2.75, 3.05) is 37.7 Å². The van der Waals surface area contributed by atoms with Gasteiger partial charge in [0.1, 0.15) is 47.4 Å². The van der Waals surface area contributed by atoms with Crippen molar-refractivity contribution in [3.05, 3.63) is 47.2 Å². The van der Waals surface area contributed by atoms with Crippen molar-refractivity contribution in [1.82, 2.24) is 25.2 Å². The molecule has 0 saturated carbocycles. The molecule has 0 spiro atoms. The Balaban J connectivity index is 1.33. The zero-order chi connectivity index (χ0) is 31.7. The predicted molar refractivity (Wildman–Crippen MR) is 165 cm³/mol. The number of benzene rings is 2. The lowest BCUT2D eigenvalue weighted by Crippen LogP contribution is -2.51. The number of anilines is 1. The lowest BCUT2D eigenvalue weighted by Gasteiger charge is -2.34. The van der Waals surface area contributed by atoms with Crippen molar-refractivity contribution < 1.29 is 23.0 Å². The highest BCUT2D eigenvalue weighted by atomic mass is 19.1. The van der Waals surface area contributed by atoms with E-state index < -0.39 is 23.3 Å². The molecule has 2 aromatic carbocycles. The highest BCUT2D eigenvalue weighted by Gasteiger charge is 2.49. The first-order valence-corrected chi connectivity index (χ1v) is 15.5. The first-order valence-electron chi connectivity index (χ1n) is 15.5. The minimum Gasteiger partial charge on any atom is -0.508 e. The fourth-order valence-corrected chi connectivity index (χ4v) is 8.06. The van der Waals surface area contributed by atoms with Gasteiger partial charge in [-0.2, -0.15) is 15.2 Å². The van der Waals surface area contributed by atoms with Gasteiger partial charge in [-0.25, -0.2) is 18.2 Å². The number of phenols is 1. The first kappa shape index (κ1) is 28.8. The summed E-state index contributed by atoms with van der Waals surface area (Å²) >= 11 is 0. The zero-order valence-corrected chi connectivity index (χ0v) is 24.9. The third-order valence-corrected chi connectivity index (χ3v) is 10.0. The molecule has 12 heteroatoms. The molecule has 46 heavy (non-hydrogen) atoms. The molecule has 0 amide bonds. The molecule has 0 unspecified atom stereocenters. The number of halogens is 3. The molecule has 0 radical (unpaired) electrons. The monoisotopic (exact) mass is 625 g/mol. The molecule has 2 bridgehead atoms. The Hall–Kier alpha value is -4.65. The van der Waals surface area contributed by atoms with Gasteiger partial charge in [0.2, 0.25) is 0 Å². The summed E-state index contributed by atoms with van der Waals surface area (Å²) in [5.74, 6) is 0.854. The highest BCUT2D eigenvalue weighted by Crippen LogP contribution is 2.42. The molecule has 4 aromatic rings. The smallest absolute Gasteiger partial charge is 0.319 e. The fraction of sp³-hybridized carbons (Fsp3) is 0.412. The molecule has 4 aliphatic rings. The second kappa shape index (κ2) is 10.7. The van der Waals surface area contributed by atoms with Crippen LogP contribution in [0.4, 0.5) is 19.0 Å². The zero-order valence-electron chi connectivity index (χ0n) is 24.9. The summed E-state index contributed by atoms with van der Waals surface area (Å²) in [7, 11) is 0. The maximum absolute atomic E-state index is 16.9. The second-order valence-corrected chi connectivity index (χ2v) is 12.9. The number of alkyl halides is 1. The van der Waals surface area contributed by atoms with E-state index in [1.807, 2.05) is 4.90 Å². The molecule has 8 rings (SSSR count). The fourth-order valence-electron chi connectivity index (χ4n) is 8.06. The summed E-state index contributed by atoms with van der Waals surface area (Å²) in [5.41, 5.74) is -1.24. The van der Waals surface area contributed by atoms with E-state index in [2.05, 4.69) is 32.2 Å². The quantitative estimate of drug-likeness (QED) is 0.308. The van der Waals surface area contributed by atoms with Crippen LogP contribution in [0, 0.1) is 35.3 Å². The van der Waals surface area contributed by atoms with Crippen LogP contribution in [0.25, 0.3) is 32.9 Å². The number of aromatic hydroxyl groups is 1. The predicted octanol–water partition coefficient (Wildman–Crippen LogP) is 4.58. The lowest BCUT2D eigenvalue weighted by molar-refractivity contribution is 0.107. The van der Waals surface area contributed by atoms with Gasteiger partial charge in [0.25, 0.3) is 0 Å². The van der Waals surface area contributed by atoms with Crippen molar-refractivity contribution in [2.45, 2.75) is 55.9 Å². The van der Waals surface area contributed by atoms with Gasteiger partial charge in [-0.15, -0.1) is 6.42 Å². The van der Waals surface area contributed by atoms with Crippen molar-refractivity contribution in [3.63, 3.8) is 0 Å². The highest BCUT2D eigenvalue weighted by molar-refractivity contribution is 6.04. The topological polar surface area (TPSA) is 110 Å². The minimum atomic E-state index is -0.951. The van der Waals surface area contributed by atoms with E-state index in [9.17, 15) is 19.1 Å². The van der Waals surface area contributed by atoms with Crippen LogP contribution in [0.2, 0.25) is 0 Å². The summed E-state index contributed by atoms with van der Waals surface area (Å²) in [6.07, 6.45) is 8.73. The number of nitriles is 1. The Kier molecular flexibility index (Phi) is 6.71. The van der Waals surface area contributed by atoms with Gasteiger partial charge in [-0.3, -0.25) is 4.90 Å². The molecule has 4 atom stereocenters. The summed E-state index contributed by atoms with van der Waals surface area (Å²) in [4.78, 5) is 17.8. The number of nitrogens with one attached hydrogen (secondary N) is 1. The van der Waals surface area contributed by atoms with Crippen LogP contribution in [0.5, 0.6) is 11.8 Å². The molecule has 4 saturated heterocycles. The number of terminal acetylenes is 1. The van der Waals surface area contributed by atoms with Gasteiger partial charge in [0, 0.05) is 49.1 Å². The normalized spacial score (nSPS) is 25.6. The van der Waals surface area contributed by atoms with Gasteiger partial charge < -0.3 is 20.1 Å². The van der Waals surface area contributed by atoms with Crippen LogP contribution in [-0.2, 0) is 0 Å². The van der Waals surface area contributed by atoms with Gasteiger partial charge in [0.05, 0.1) is 16.5 Å². The van der Waals surface area contributed by atoms with E-state index in [-0.39, 0.29) is 69.3 Å². The average molecular weight is 626 g/mol. The molecule has 4 aliphatic heterocycles. The maximum atomic E-state index is 16.9. The summed E-state index contributed by atoms with van der Waals surface area (Å²) in [6, 6.07) is 7.66. The minimum absolute atomic E-state index is 0.0154. The molecular formula is C34H30F3N7O2. The van der Waals surface area contributed by atoms with Crippen molar-refractivity contribution in [2.24, 2.45) is 0 Å². The Morgan fingerprint density at radius 2 is 1.91 bits per heavy atom. The Labute approximate surface area is 263 Å². The molecule has 234 valence electrons. The van der Waals surface area contributed by atoms with Gasteiger partial charge in [-0.1, -0.05) is 12.0 Å². The van der Waals surface area contributed by atoms with Crippen LogP contribution in [0.1, 0.15) is 43.4 Å². The largest absolute Gasteiger partial charge is 0.508 e. The van der Waals surface area contributed by atoms with Gasteiger partial charge in [-0.05, 0) is 55.8 Å². The van der Waals surface area contributed by atoms with Gasteiger partial charge in [0.15, 0.2) is 11.5 Å². The molecule has 6 heterocycles. The number of hydrogen-bond acceptors (Lipinski definition) is 9. The van der Waals surface area contributed by atoms with Crippen molar-refractivity contribution >= 4 is 27.5 Å². The number of pyridine rings is 1. The van der Waals surface area contributed by atoms with E-state index in [4.69, 9.17) is 16.1 Å². The third-order valence-electron chi connectivity index (χ3n) is 10.0.